The highest BCUT2D eigenvalue weighted by molar-refractivity contribution is 7.12. The lowest BCUT2D eigenvalue weighted by Gasteiger charge is -2.14. The molecule has 6 nitrogen and oxygen atoms in total. The lowest BCUT2D eigenvalue weighted by Crippen LogP contribution is -2.36. The Morgan fingerprint density at radius 1 is 1.35 bits per heavy atom. The number of H-pyrrole nitrogens is 1. The van der Waals surface area contributed by atoms with Gasteiger partial charge in [-0.25, -0.2) is 14.3 Å². The monoisotopic (exact) mass is 293 g/mol. The van der Waals surface area contributed by atoms with Gasteiger partial charge in [-0.15, -0.1) is 11.3 Å². The molecule has 1 N–H and O–H groups in total. The maximum atomic E-state index is 12.2. The van der Waals surface area contributed by atoms with Crippen molar-refractivity contribution < 1.29 is 4.79 Å². The number of nitrogens with one attached hydrogen (secondary N) is 1. The van der Waals surface area contributed by atoms with Crippen molar-refractivity contribution in [3.05, 3.63) is 43.7 Å². The maximum Gasteiger partial charge on any atom is 0.334 e. The van der Waals surface area contributed by atoms with Gasteiger partial charge in [-0.3, -0.25) is 9.59 Å². The maximum absolute atomic E-state index is 12.2. The third-order valence-electron chi connectivity index (χ3n) is 2.81. The molecule has 0 spiro atoms. The second-order valence-corrected chi connectivity index (χ2v) is 6.31. The minimum absolute atomic E-state index is 0.0582. The van der Waals surface area contributed by atoms with E-state index in [9.17, 15) is 14.4 Å². The molecule has 0 saturated carbocycles. The van der Waals surface area contributed by atoms with E-state index < -0.39 is 17.0 Å². The van der Waals surface area contributed by atoms with Crippen LogP contribution < -0.4 is 11.2 Å². The van der Waals surface area contributed by atoms with Gasteiger partial charge in [-0.1, -0.05) is 20.8 Å². The number of nitrogens with zero attached hydrogens (tertiary/aromatic N) is 2. The molecular weight excluding hydrogens is 278 g/mol. The van der Waals surface area contributed by atoms with E-state index in [4.69, 9.17) is 0 Å². The van der Waals surface area contributed by atoms with Crippen LogP contribution >= 0.6 is 11.3 Å². The molecule has 2 aromatic heterocycles. The van der Waals surface area contributed by atoms with E-state index in [1.807, 2.05) is 26.2 Å². The highest BCUT2D eigenvalue weighted by atomic mass is 32.1. The van der Waals surface area contributed by atoms with Gasteiger partial charge in [0.2, 0.25) is 5.13 Å². The molecule has 0 aliphatic carbocycles. The van der Waals surface area contributed by atoms with E-state index in [-0.39, 0.29) is 16.1 Å². The SMILES string of the molecule is CC(=O)c1c[nH]c(=O)n(-c2nc(C(C)(C)C)cs2)c1=O. The second kappa shape index (κ2) is 4.82. The molecule has 0 aliphatic rings. The van der Waals surface area contributed by atoms with Crippen LogP contribution in [0.25, 0.3) is 5.13 Å². The standard InChI is InChI=1S/C13H15N3O3S/c1-7(17)8-5-14-11(19)16(10(8)18)12-15-9(6-20-12)13(2,3)4/h5-6H,1-4H3,(H,14,19). The number of aromatic amines is 1. The number of Topliss-reactive ketones (excluding diaryl/α,β-unsaturated/α-hetero) is 1. The fourth-order valence-corrected chi connectivity index (χ4v) is 2.66. The predicted octanol–water partition coefficient (Wildman–Crippen LogP) is 1.48. The van der Waals surface area contributed by atoms with E-state index in [2.05, 4.69) is 9.97 Å². The van der Waals surface area contributed by atoms with Crippen LogP contribution in [-0.2, 0) is 5.41 Å². The lowest BCUT2D eigenvalue weighted by molar-refractivity contribution is 0.101. The van der Waals surface area contributed by atoms with Crippen molar-refractivity contribution in [2.75, 3.05) is 0 Å². The second-order valence-electron chi connectivity index (χ2n) is 5.47. The van der Waals surface area contributed by atoms with Crippen molar-refractivity contribution in [3.63, 3.8) is 0 Å². The average Bonchev–Trinajstić information content (AvgIpc) is 2.77. The number of rotatable bonds is 2. The normalized spacial score (nSPS) is 11.6. The fraction of sp³-hybridized carbons (Fsp3) is 0.385. The summed E-state index contributed by atoms with van der Waals surface area (Å²) in [6, 6.07) is 0. The molecule has 0 amide bonds. The third-order valence-corrected chi connectivity index (χ3v) is 3.63. The van der Waals surface area contributed by atoms with Gasteiger partial charge in [0.15, 0.2) is 5.78 Å². The highest BCUT2D eigenvalue weighted by Crippen LogP contribution is 2.24. The molecule has 0 radical (unpaired) electrons. The number of carbonyl (C=O) groups is 1. The van der Waals surface area contributed by atoms with Crippen LogP contribution in [0.15, 0.2) is 21.2 Å². The fourth-order valence-electron chi connectivity index (χ4n) is 1.61. The van der Waals surface area contributed by atoms with Crippen molar-refractivity contribution in [3.8, 4) is 5.13 Å². The quantitative estimate of drug-likeness (QED) is 0.850. The molecule has 0 aromatic carbocycles. The highest BCUT2D eigenvalue weighted by Gasteiger charge is 2.20. The number of ketones is 1. The molecule has 2 heterocycles. The number of carbonyl (C=O) groups excluding carboxylic acids is 1. The first-order valence-corrected chi connectivity index (χ1v) is 6.92. The van der Waals surface area contributed by atoms with Gasteiger partial charge >= 0.3 is 5.69 Å². The van der Waals surface area contributed by atoms with Crippen LogP contribution in [-0.4, -0.2) is 20.3 Å². The smallest absolute Gasteiger partial charge is 0.313 e. The first-order valence-electron chi connectivity index (χ1n) is 6.04. The molecule has 2 aromatic rings. The summed E-state index contributed by atoms with van der Waals surface area (Å²) in [6.45, 7) is 7.25. The summed E-state index contributed by atoms with van der Waals surface area (Å²) in [7, 11) is 0. The van der Waals surface area contributed by atoms with Crippen LogP contribution in [0.4, 0.5) is 0 Å². The van der Waals surface area contributed by atoms with E-state index in [0.717, 1.165) is 16.5 Å². The lowest BCUT2D eigenvalue weighted by atomic mass is 9.93. The molecule has 0 fully saturated rings. The van der Waals surface area contributed by atoms with Gasteiger partial charge in [0.05, 0.1) is 11.3 Å². The molecule has 2 rings (SSSR count). The number of hydrogen-bond donors (Lipinski definition) is 1. The van der Waals surface area contributed by atoms with E-state index in [1.54, 1.807) is 0 Å². The average molecular weight is 293 g/mol. The molecule has 0 atom stereocenters. The Hall–Kier alpha value is -2.02. The van der Waals surface area contributed by atoms with Gasteiger partial charge < -0.3 is 4.98 Å². The summed E-state index contributed by atoms with van der Waals surface area (Å²) in [6.07, 6.45) is 1.14. The molecule has 0 bridgehead atoms. The first-order chi connectivity index (χ1) is 9.21. The van der Waals surface area contributed by atoms with Crippen molar-refractivity contribution in [1.82, 2.24) is 14.5 Å². The number of thiazole rings is 1. The molecule has 7 heteroatoms. The zero-order chi connectivity index (χ0) is 15.1. The molecular formula is C13H15N3O3S. The zero-order valence-corrected chi connectivity index (χ0v) is 12.5. The summed E-state index contributed by atoms with van der Waals surface area (Å²) in [5.74, 6) is -0.396. The van der Waals surface area contributed by atoms with Crippen LogP contribution in [0, 0.1) is 0 Å². The zero-order valence-electron chi connectivity index (χ0n) is 11.7. The van der Waals surface area contributed by atoms with Gasteiger partial charge in [0.25, 0.3) is 5.56 Å². The summed E-state index contributed by atoms with van der Waals surface area (Å²) < 4.78 is 0.899. The van der Waals surface area contributed by atoms with Crippen LogP contribution in [0.3, 0.4) is 0 Å². The van der Waals surface area contributed by atoms with Gasteiger partial charge in [-0.05, 0) is 6.92 Å². The minimum Gasteiger partial charge on any atom is -0.313 e. The number of hydrogen-bond acceptors (Lipinski definition) is 5. The largest absolute Gasteiger partial charge is 0.334 e. The molecule has 0 aliphatic heterocycles. The van der Waals surface area contributed by atoms with Gasteiger partial charge in [0.1, 0.15) is 0 Å². The van der Waals surface area contributed by atoms with Gasteiger partial charge in [0, 0.05) is 17.0 Å². The van der Waals surface area contributed by atoms with Crippen molar-refractivity contribution in [2.24, 2.45) is 0 Å². The predicted molar refractivity (Wildman–Crippen MR) is 77.0 cm³/mol. The van der Waals surface area contributed by atoms with Crippen molar-refractivity contribution >= 4 is 17.1 Å². The van der Waals surface area contributed by atoms with E-state index >= 15 is 0 Å². The van der Waals surface area contributed by atoms with Crippen LogP contribution in [0.2, 0.25) is 0 Å². The summed E-state index contributed by atoms with van der Waals surface area (Å²) in [4.78, 5) is 42.1. The molecule has 0 saturated heterocycles. The Morgan fingerprint density at radius 2 is 2.00 bits per heavy atom. The Kier molecular flexibility index (Phi) is 3.47. The van der Waals surface area contributed by atoms with Crippen molar-refractivity contribution in [1.29, 1.82) is 0 Å². The minimum atomic E-state index is -0.643. The summed E-state index contributed by atoms with van der Waals surface area (Å²) >= 11 is 1.20. The van der Waals surface area contributed by atoms with Crippen LogP contribution in [0.5, 0.6) is 0 Å². The number of aromatic nitrogens is 3. The molecule has 106 valence electrons. The summed E-state index contributed by atoms with van der Waals surface area (Å²) in [5, 5.41) is 2.08. The topological polar surface area (TPSA) is 84.8 Å². The molecule has 0 unspecified atom stereocenters. The van der Waals surface area contributed by atoms with E-state index in [1.165, 1.54) is 18.3 Å². The van der Waals surface area contributed by atoms with Crippen LogP contribution in [0.1, 0.15) is 43.7 Å². The van der Waals surface area contributed by atoms with Crippen molar-refractivity contribution in [2.45, 2.75) is 33.1 Å². The first kappa shape index (κ1) is 14.4. The Balaban J connectivity index is 2.67. The Labute approximate surface area is 119 Å². The van der Waals surface area contributed by atoms with E-state index in [0.29, 0.717) is 0 Å². The molecule has 20 heavy (non-hydrogen) atoms. The van der Waals surface area contributed by atoms with Gasteiger partial charge in [-0.2, -0.15) is 0 Å². The third kappa shape index (κ3) is 2.49. The Bertz CT molecular complexity index is 777. The Morgan fingerprint density at radius 3 is 2.50 bits per heavy atom. The summed E-state index contributed by atoms with van der Waals surface area (Å²) in [5.41, 5.74) is -0.691.